The van der Waals surface area contributed by atoms with Crippen LogP contribution in [0.4, 0.5) is 4.39 Å². The maximum Gasteiger partial charge on any atom is 0.240 e. The number of rotatable bonds is 7. The number of aromatic nitrogens is 3. The molecule has 0 bridgehead atoms. The molecular weight excluding hydrogens is 355 g/mol. The largest absolute Gasteiger partial charge is 0.263 e. The molecule has 0 unspecified atom stereocenters. The Labute approximate surface area is 151 Å². The molecular formula is C18H19FN4O2S. The highest BCUT2D eigenvalue weighted by molar-refractivity contribution is 7.89. The molecule has 0 atom stereocenters. The molecule has 3 rings (SSSR count). The van der Waals surface area contributed by atoms with E-state index >= 15 is 0 Å². The summed E-state index contributed by atoms with van der Waals surface area (Å²) >= 11 is 0. The lowest BCUT2D eigenvalue weighted by Crippen LogP contribution is -2.26. The molecule has 1 aromatic heterocycles. The molecule has 2 aromatic carbocycles. The molecule has 2 N–H and O–H groups in total. The SMILES string of the molecule is Cc1ccccc1S(=O)(=O)NCCc1n[nH]c(Cc2ccc(F)cc2)n1. The second-order valence-electron chi connectivity index (χ2n) is 5.91. The molecule has 0 saturated heterocycles. The van der Waals surface area contributed by atoms with E-state index in [1.54, 1.807) is 43.3 Å². The third kappa shape index (κ3) is 4.53. The third-order valence-corrected chi connectivity index (χ3v) is 5.51. The van der Waals surface area contributed by atoms with Crippen molar-refractivity contribution >= 4 is 10.0 Å². The predicted octanol–water partition coefficient (Wildman–Crippen LogP) is 2.36. The van der Waals surface area contributed by atoms with Crippen molar-refractivity contribution in [3.05, 3.63) is 77.1 Å². The van der Waals surface area contributed by atoms with Gasteiger partial charge in [0.15, 0.2) is 5.82 Å². The highest BCUT2D eigenvalue weighted by Gasteiger charge is 2.16. The van der Waals surface area contributed by atoms with Crippen LogP contribution in [0.3, 0.4) is 0 Å². The minimum absolute atomic E-state index is 0.199. The second-order valence-corrected chi connectivity index (χ2v) is 7.65. The van der Waals surface area contributed by atoms with Gasteiger partial charge in [-0.1, -0.05) is 30.3 Å². The van der Waals surface area contributed by atoms with Gasteiger partial charge in [0.2, 0.25) is 10.0 Å². The van der Waals surface area contributed by atoms with Crippen molar-refractivity contribution in [1.82, 2.24) is 19.9 Å². The molecule has 0 aliphatic rings. The first kappa shape index (κ1) is 18.2. The van der Waals surface area contributed by atoms with Crippen molar-refractivity contribution in [2.45, 2.75) is 24.7 Å². The van der Waals surface area contributed by atoms with Gasteiger partial charge in [-0.3, -0.25) is 5.10 Å². The summed E-state index contributed by atoms with van der Waals surface area (Å²) in [4.78, 5) is 4.61. The number of sulfonamides is 1. The lowest BCUT2D eigenvalue weighted by atomic mass is 10.1. The van der Waals surface area contributed by atoms with Crippen LogP contribution in [0, 0.1) is 12.7 Å². The summed E-state index contributed by atoms with van der Waals surface area (Å²) < 4.78 is 40.1. The molecule has 136 valence electrons. The van der Waals surface area contributed by atoms with Crippen molar-refractivity contribution in [2.24, 2.45) is 0 Å². The van der Waals surface area contributed by atoms with Gasteiger partial charge in [0, 0.05) is 19.4 Å². The fourth-order valence-electron chi connectivity index (χ4n) is 2.55. The Bertz CT molecular complexity index is 984. The Hall–Kier alpha value is -2.58. The molecule has 26 heavy (non-hydrogen) atoms. The number of halogens is 1. The van der Waals surface area contributed by atoms with Crippen molar-refractivity contribution in [3.63, 3.8) is 0 Å². The number of nitrogens with zero attached hydrogens (tertiary/aromatic N) is 2. The Morgan fingerprint density at radius 1 is 1.12 bits per heavy atom. The molecule has 0 fully saturated rings. The number of aryl methyl sites for hydroxylation is 1. The summed E-state index contributed by atoms with van der Waals surface area (Å²) in [6.45, 7) is 1.95. The van der Waals surface area contributed by atoms with Crippen molar-refractivity contribution in [3.8, 4) is 0 Å². The van der Waals surface area contributed by atoms with E-state index in [-0.39, 0.29) is 17.3 Å². The smallest absolute Gasteiger partial charge is 0.240 e. The Morgan fingerprint density at radius 2 is 1.85 bits per heavy atom. The van der Waals surface area contributed by atoms with Crippen LogP contribution in [0.1, 0.15) is 22.8 Å². The summed E-state index contributed by atoms with van der Waals surface area (Å²) in [6, 6.07) is 13.0. The lowest BCUT2D eigenvalue weighted by Gasteiger charge is -2.08. The second kappa shape index (κ2) is 7.76. The number of nitrogens with one attached hydrogen (secondary N) is 2. The van der Waals surface area contributed by atoms with E-state index in [2.05, 4.69) is 19.9 Å². The van der Waals surface area contributed by atoms with Crippen LogP contribution in [0.5, 0.6) is 0 Å². The monoisotopic (exact) mass is 374 g/mol. The zero-order valence-corrected chi connectivity index (χ0v) is 15.1. The summed E-state index contributed by atoms with van der Waals surface area (Å²) in [5.74, 6) is 0.885. The van der Waals surface area contributed by atoms with Gasteiger partial charge in [-0.25, -0.2) is 22.5 Å². The highest BCUT2D eigenvalue weighted by atomic mass is 32.2. The van der Waals surface area contributed by atoms with Gasteiger partial charge in [0.25, 0.3) is 0 Å². The maximum atomic E-state index is 12.9. The fraction of sp³-hybridized carbons (Fsp3) is 0.222. The molecule has 0 aliphatic heterocycles. The van der Waals surface area contributed by atoms with Crippen LogP contribution in [0.25, 0.3) is 0 Å². The van der Waals surface area contributed by atoms with Gasteiger partial charge in [-0.15, -0.1) is 0 Å². The Morgan fingerprint density at radius 3 is 2.58 bits per heavy atom. The summed E-state index contributed by atoms with van der Waals surface area (Å²) in [7, 11) is -3.56. The van der Waals surface area contributed by atoms with E-state index in [1.165, 1.54) is 12.1 Å². The van der Waals surface area contributed by atoms with Crippen LogP contribution in [-0.4, -0.2) is 30.1 Å². The van der Waals surface area contributed by atoms with E-state index in [0.29, 0.717) is 30.1 Å². The molecule has 0 radical (unpaired) electrons. The van der Waals surface area contributed by atoms with E-state index in [9.17, 15) is 12.8 Å². The van der Waals surface area contributed by atoms with Gasteiger partial charge < -0.3 is 0 Å². The van der Waals surface area contributed by atoms with Crippen molar-refractivity contribution in [2.75, 3.05) is 6.54 Å². The van der Waals surface area contributed by atoms with Crippen LogP contribution in [-0.2, 0) is 22.9 Å². The first-order chi connectivity index (χ1) is 12.4. The van der Waals surface area contributed by atoms with Crippen LogP contribution < -0.4 is 4.72 Å². The fourth-order valence-corrected chi connectivity index (χ4v) is 3.83. The van der Waals surface area contributed by atoms with Crippen LogP contribution in [0.2, 0.25) is 0 Å². The maximum absolute atomic E-state index is 12.9. The molecule has 0 spiro atoms. The normalized spacial score (nSPS) is 11.6. The third-order valence-electron chi connectivity index (χ3n) is 3.89. The summed E-state index contributed by atoms with van der Waals surface area (Å²) in [6.07, 6.45) is 0.868. The Kier molecular flexibility index (Phi) is 5.43. The van der Waals surface area contributed by atoms with E-state index in [1.807, 2.05) is 0 Å². The molecule has 0 aliphatic carbocycles. The quantitative estimate of drug-likeness (QED) is 0.665. The summed E-state index contributed by atoms with van der Waals surface area (Å²) in [5, 5.41) is 6.92. The van der Waals surface area contributed by atoms with Gasteiger partial charge in [0.1, 0.15) is 11.6 Å². The van der Waals surface area contributed by atoms with Crippen molar-refractivity contribution < 1.29 is 12.8 Å². The van der Waals surface area contributed by atoms with Crippen LogP contribution in [0.15, 0.2) is 53.4 Å². The van der Waals surface area contributed by atoms with E-state index in [0.717, 1.165) is 5.56 Å². The van der Waals surface area contributed by atoms with Gasteiger partial charge >= 0.3 is 0 Å². The number of H-pyrrole nitrogens is 1. The van der Waals surface area contributed by atoms with E-state index in [4.69, 9.17) is 0 Å². The molecule has 6 nitrogen and oxygen atoms in total. The highest BCUT2D eigenvalue weighted by Crippen LogP contribution is 2.13. The van der Waals surface area contributed by atoms with Crippen LogP contribution >= 0.6 is 0 Å². The molecule has 0 amide bonds. The number of benzene rings is 2. The van der Waals surface area contributed by atoms with Gasteiger partial charge in [0.05, 0.1) is 4.90 Å². The zero-order valence-electron chi connectivity index (χ0n) is 14.2. The number of aromatic amines is 1. The average Bonchev–Trinajstić information content (AvgIpc) is 3.04. The molecule has 1 heterocycles. The predicted molar refractivity (Wildman–Crippen MR) is 95.7 cm³/mol. The number of hydrogen-bond acceptors (Lipinski definition) is 4. The van der Waals surface area contributed by atoms with E-state index < -0.39 is 10.0 Å². The Balaban J connectivity index is 1.56. The topological polar surface area (TPSA) is 87.7 Å². The van der Waals surface area contributed by atoms with Gasteiger partial charge in [-0.2, -0.15) is 5.10 Å². The molecule has 0 saturated carbocycles. The average molecular weight is 374 g/mol. The first-order valence-electron chi connectivity index (χ1n) is 8.14. The summed E-state index contributed by atoms with van der Waals surface area (Å²) in [5.41, 5.74) is 1.61. The molecule has 3 aromatic rings. The minimum Gasteiger partial charge on any atom is -0.263 e. The zero-order chi connectivity index (χ0) is 18.6. The first-order valence-corrected chi connectivity index (χ1v) is 9.62. The van der Waals surface area contributed by atoms with Crippen molar-refractivity contribution in [1.29, 1.82) is 0 Å². The minimum atomic E-state index is -3.56. The van der Waals surface area contributed by atoms with Gasteiger partial charge in [-0.05, 0) is 36.2 Å². The molecule has 8 heteroatoms. The number of hydrogen-bond donors (Lipinski definition) is 2. The standard InChI is InChI=1S/C18H19FN4O2S/c1-13-4-2-3-5-16(13)26(24,25)20-11-10-17-21-18(23-22-17)12-14-6-8-15(19)9-7-14/h2-9,20H,10-12H2,1H3,(H,21,22,23). The lowest BCUT2D eigenvalue weighted by molar-refractivity contribution is 0.580.